The monoisotopic (exact) mass is 217 g/mol. The molecule has 1 aromatic carbocycles. The van der Waals surface area contributed by atoms with Crippen molar-refractivity contribution in [3.05, 3.63) is 34.9 Å². The second-order valence-electron chi connectivity index (χ2n) is 5.32. The molecule has 1 heteroatoms. The fourth-order valence-electron chi connectivity index (χ4n) is 2.62. The molecule has 0 saturated carbocycles. The Morgan fingerprint density at radius 1 is 1.19 bits per heavy atom. The Hall–Kier alpha value is -0.820. The first-order valence-corrected chi connectivity index (χ1v) is 6.47. The first kappa shape index (κ1) is 11.7. The third kappa shape index (κ3) is 2.85. The van der Waals surface area contributed by atoms with Gasteiger partial charge in [-0.25, -0.2) is 0 Å². The molecular weight excluding hydrogens is 194 g/mol. The summed E-state index contributed by atoms with van der Waals surface area (Å²) in [5.41, 5.74) is 4.30. The molecule has 1 nitrogen and oxygen atoms in total. The molecule has 1 saturated heterocycles. The Kier molecular flexibility index (Phi) is 3.65. The van der Waals surface area contributed by atoms with E-state index in [1.54, 1.807) is 0 Å². The van der Waals surface area contributed by atoms with Crippen LogP contribution in [-0.4, -0.2) is 12.1 Å². The van der Waals surface area contributed by atoms with Gasteiger partial charge in [0.1, 0.15) is 0 Å². The molecule has 1 heterocycles. The maximum atomic E-state index is 3.70. The fourth-order valence-corrected chi connectivity index (χ4v) is 2.62. The lowest BCUT2D eigenvalue weighted by molar-refractivity contribution is 0.333. The maximum absolute atomic E-state index is 3.70. The minimum Gasteiger partial charge on any atom is -0.311 e. The lowest BCUT2D eigenvalue weighted by Crippen LogP contribution is -2.41. The van der Waals surface area contributed by atoms with Crippen LogP contribution in [0.15, 0.2) is 18.2 Å². The highest BCUT2D eigenvalue weighted by Gasteiger charge is 2.17. The molecule has 1 fully saturated rings. The van der Waals surface area contributed by atoms with E-state index in [0.29, 0.717) is 12.1 Å². The summed E-state index contributed by atoms with van der Waals surface area (Å²) < 4.78 is 0. The lowest BCUT2D eigenvalue weighted by Gasteiger charge is -2.29. The average molecular weight is 217 g/mol. The van der Waals surface area contributed by atoms with Crippen LogP contribution in [-0.2, 0) is 6.42 Å². The lowest BCUT2D eigenvalue weighted by atomic mass is 9.93. The zero-order chi connectivity index (χ0) is 11.5. The van der Waals surface area contributed by atoms with E-state index in [9.17, 15) is 0 Å². The SMILES string of the molecule is Cc1ccc(CC2CCCC(C)N2)cc1C. The zero-order valence-electron chi connectivity index (χ0n) is 10.7. The molecule has 1 aliphatic heterocycles. The van der Waals surface area contributed by atoms with Gasteiger partial charge in [0.05, 0.1) is 0 Å². The maximum Gasteiger partial charge on any atom is 0.0110 e. The smallest absolute Gasteiger partial charge is 0.0110 e. The van der Waals surface area contributed by atoms with E-state index in [2.05, 4.69) is 44.3 Å². The number of hydrogen-bond donors (Lipinski definition) is 1. The van der Waals surface area contributed by atoms with Gasteiger partial charge in [0.15, 0.2) is 0 Å². The molecule has 0 radical (unpaired) electrons. The molecule has 0 bridgehead atoms. The van der Waals surface area contributed by atoms with E-state index in [1.807, 2.05) is 0 Å². The van der Waals surface area contributed by atoms with Crippen molar-refractivity contribution < 1.29 is 0 Å². The van der Waals surface area contributed by atoms with E-state index in [0.717, 1.165) is 0 Å². The molecule has 2 unspecified atom stereocenters. The van der Waals surface area contributed by atoms with Crippen molar-refractivity contribution in [2.45, 2.75) is 58.5 Å². The van der Waals surface area contributed by atoms with Gasteiger partial charge in [-0.3, -0.25) is 0 Å². The summed E-state index contributed by atoms with van der Waals surface area (Å²) in [6, 6.07) is 8.26. The molecule has 1 aromatic rings. The summed E-state index contributed by atoms with van der Waals surface area (Å²) in [4.78, 5) is 0. The first-order chi connectivity index (χ1) is 7.65. The van der Waals surface area contributed by atoms with Gasteiger partial charge in [-0.05, 0) is 56.7 Å². The molecular formula is C15H23N. The predicted octanol–water partition coefficient (Wildman–Crippen LogP) is 3.38. The molecule has 1 aliphatic rings. The molecule has 16 heavy (non-hydrogen) atoms. The molecule has 0 aliphatic carbocycles. The minimum absolute atomic E-state index is 0.686. The fraction of sp³-hybridized carbons (Fsp3) is 0.600. The van der Waals surface area contributed by atoms with E-state index in [-0.39, 0.29) is 0 Å². The number of aryl methyl sites for hydroxylation is 2. The van der Waals surface area contributed by atoms with E-state index in [1.165, 1.54) is 42.4 Å². The second-order valence-corrected chi connectivity index (χ2v) is 5.32. The highest BCUT2D eigenvalue weighted by atomic mass is 15.0. The molecule has 0 spiro atoms. The highest BCUT2D eigenvalue weighted by Crippen LogP contribution is 2.17. The quantitative estimate of drug-likeness (QED) is 0.801. The second kappa shape index (κ2) is 5.01. The minimum atomic E-state index is 0.686. The third-order valence-electron chi connectivity index (χ3n) is 3.76. The van der Waals surface area contributed by atoms with Crippen LogP contribution in [0.25, 0.3) is 0 Å². The topological polar surface area (TPSA) is 12.0 Å². The summed E-state index contributed by atoms with van der Waals surface area (Å²) in [5, 5.41) is 3.70. The van der Waals surface area contributed by atoms with Crippen molar-refractivity contribution >= 4 is 0 Å². The summed E-state index contributed by atoms with van der Waals surface area (Å²) in [6.45, 7) is 6.68. The van der Waals surface area contributed by atoms with Gasteiger partial charge >= 0.3 is 0 Å². The standard InChI is InChI=1S/C15H23N/c1-11-7-8-14(9-12(11)2)10-15-6-4-5-13(3)16-15/h7-9,13,15-16H,4-6,10H2,1-3H3. The molecule has 0 amide bonds. The van der Waals surface area contributed by atoms with Crippen LogP contribution in [0.5, 0.6) is 0 Å². The largest absolute Gasteiger partial charge is 0.311 e. The van der Waals surface area contributed by atoms with Crippen molar-refractivity contribution in [1.82, 2.24) is 5.32 Å². The summed E-state index contributed by atoms with van der Waals surface area (Å²) in [5.74, 6) is 0. The van der Waals surface area contributed by atoms with Crippen LogP contribution in [0, 0.1) is 13.8 Å². The number of piperidine rings is 1. The van der Waals surface area contributed by atoms with Crippen molar-refractivity contribution in [2.24, 2.45) is 0 Å². The van der Waals surface area contributed by atoms with E-state index < -0.39 is 0 Å². The van der Waals surface area contributed by atoms with Crippen LogP contribution < -0.4 is 5.32 Å². The molecule has 0 aromatic heterocycles. The zero-order valence-corrected chi connectivity index (χ0v) is 10.7. The average Bonchev–Trinajstić information content (AvgIpc) is 2.24. The van der Waals surface area contributed by atoms with Gasteiger partial charge in [0.25, 0.3) is 0 Å². The highest BCUT2D eigenvalue weighted by molar-refractivity contribution is 5.30. The van der Waals surface area contributed by atoms with Gasteiger partial charge < -0.3 is 5.32 Å². The van der Waals surface area contributed by atoms with E-state index in [4.69, 9.17) is 0 Å². The Labute approximate surface area is 99.3 Å². The van der Waals surface area contributed by atoms with Crippen LogP contribution in [0.1, 0.15) is 42.9 Å². The summed E-state index contributed by atoms with van der Waals surface area (Å²) >= 11 is 0. The van der Waals surface area contributed by atoms with Crippen LogP contribution in [0.4, 0.5) is 0 Å². The normalized spacial score (nSPS) is 25.7. The van der Waals surface area contributed by atoms with Gasteiger partial charge in [0, 0.05) is 12.1 Å². The van der Waals surface area contributed by atoms with Crippen LogP contribution in [0.2, 0.25) is 0 Å². The Morgan fingerprint density at radius 2 is 2.00 bits per heavy atom. The predicted molar refractivity (Wildman–Crippen MR) is 69.9 cm³/mol. The van der Waals surface area contributed by atoms with Crippen LogP contribution in [0.3, 0.4) is 0 Å². The summed E-state index contributed by atoms with van der Waals surface area (Å²) in [6.07, 6.45) is 5.23. The van der Waals surface area contributed by atoms with E-state index >= 15 is 0 Å². The molecule has 88 valence electrons. The molecule has 1 N–H and O–H groups in total. The first-order valence-electron chi connectivity index (χ1n) is 6.47. The van der Waals surface area contributed by atoms with Crippen molar-refractivity contribution in [2.75, 3.05) is 0 Å². The van der Waals surface area contributed by atoms with Crippen molar-refractivity contribution in [1.29, 1.82) is 0 Å². The Morgan fingerprint density at radius 3 is 2.69 bits per heavy atom. The van der Waals surface area contributed by atoms with Crippen molar-refractivity contribution in [3.63, 3.8) is 0 Å². The third-order valence-corrected chi connectivity index (χ3v) is 3.76. The van der Waals surface area contributed by atoms with Gasteiger partial charge in [-0.2, -0.15) is 0 Å². The van der Waals surface area contributed by atoms with Crippen molar-refractivity contribution in [3.8, 4) is 0 Å². The number of rotatable bonds is 2. The Bertz CT molecular complexity index is 356. The number of nitrogens with one attached hydrogen (secondary N) is 1. The van der Waals surface area contributed by atoms with Gasteiger partial charge in [-0.1, -0.05) is 24.6 Å². The molecule has 2 atom stereocenters. The molecule has 2 rings (SSSR count). The number of benzene rings is 1. The van der Waals surface area contributed by atoms with Gasteiger partial charge in [0.2, 0.25) is 0 Å². The Balaban J connectivity index is 2.00. The van der Waals surface area contributed by atoms with Gasteiger partial charge in [-0.15, -0.1) is 0 Å². The number of hydrogen-bond acceptors (Lipinski definition) is 1. The summed E-state index contributed by atoms with van der Waals surface area (Å²) in [7, 11) is 0. The van der Waals surface area contributed by atoms with Crippen LogP contribution >= 0.6 is 0 Å².